The summed E-state index contributed by atoms with van der Waals surface area (Å²) in [5.41, 5.74) is 2.35. The zero-order chi connectivity index (χ0) is 13.9. The van der Waals surface area contributed by atoms with Crippen molar-refractivity contribution in [2.24, 2.45) is 5.92 Å². The predicted octanol–water partition coefficient (Wildman–Crippen LogP) is 3.01. The van der Waals surface area contributed by atoms with Crippen LogP contribution in [-0.4, -0.2) is 23.2 Å². The molecule has 1 aliphatic rings. The molecule has 4 heteroatoms. The van der Waals surface area contributed by atoms with Crippen molar-refractivity contribution >= 4 is 0 Å². The lowest BCUT2D eigenvalue weighted by Crippen LogP contribution is -2.10. The fourth-order valence-electron chi connectivity index (χ4n) is 2.61. The maximum Gasteiger partial charge on any atom is 0.227 e. The average Bonchev–Trinajstić information content (AvgIpc) is 3.11. The molecule has 106 valence electrons. The van der Waals surface area contributed by atoms with Gasteiger partial charge in [-0.3, -0.25) is 0 Å². The molecule has 1 N–H and O–H groups in total. The first-order valence-corrected chi connectivity index (χ1v) is 7.36. The molecule has 2 aromatic rings. The number of hydrogen-bond donors (Lipinski definition) is 1. The Kier molecular flexibility index (Phi) is 3.83. The van der Waals surface area contributed by atoms with Crippen molar-refractivity contribution in [3.8, 4) is 11.4 Å². The third-order valence-electron chi connectivity index (χ3n) is 3.93. The molecule has 0 radical (unpaired) electrons. The zero-order valence-corrected chi connectivity index (χ0v) is 12.1. The van der Waals surface area contributed by atoms with Crippen molar-refractivity contribution in [1.29, 1.82) is 0 Å². The summed E-state index contributed by atoms with van der Waals surface area (Å²) in [5, 5.41) is 7.45. The molecule has 1 fully saturated rings. The standard InChI is InChI=1S/C16H21N3O/c1-11(2)13-3-5-14(6-4-13)16-18-15(20-19-16)9-12-7-8-17-10-12/h3-6,11-12,17H,7-10H2,1-2H3. The predicted molar refractivity (Wildman–Crippen MR) is 78.5 cm³/mol. The van der Waals surface area contributed by atoms with Gasteiger partial charge in [0.15, 0.2) is 0 Å². The van der Waals surface area contributed by atoms with Gasteiger partial charge in [-0.05, 0) is 36.9 Å². The highest BCUT2D eigenvalue weighted by Gasteiger charge is 2.18. The van der Waals surface area contributed by atoms with Gasteiger partial charge in [-0.2, -0.15) is 4.98 Å². The number of hydrogen-bond acceptors (Lipinski definition) is 4. The van der Waals surface area contributed by atoms with E-state index in [0.29, 0.717) is 17.7 Å². The maximum absolute atomic E-state index is 5.37. The topological polar surface area (TPSA) is 51.0 Å². The smallest absolute Gasteiger partial charge is 0.227 e. The lowest BCUT2D eigenvalue weighted by Gasteiger charge is -2.04. The van der Waals surface area contributed by atoms with Crippen LogP contribution in [0.5, 0.6) is 0 Å². The Bertz CT molecular complexity index is 553. The highest BCUT2D eigenvalue weighted by atomic mass is 16.5. The first kappa shape index (κ1) is 13.3. The molecule has 0 saturated carbocycles. The Balaban J connectivity index is 1.72. The molecule has 4 nitrogen and oxygen atoms in total. The van der Waals surface area contributed by atoms with Gasteiger partial charge >= 0.3 is 0 Å². The fourth-order valence-corrected chi connectivity index (χ4v) is 2.61. The van der Waals surface area contributed by atoms with Gasteiger partial charge in [0, 0.05) is 12.0 Å². The Morgan fingerprint density at radius 3 is 2.75 bits per heavy atom. The molecule has 1 aromatic heterocycles. The van der Waals surface area contributed by atoms with Crippen LogP contribution in [0.1, 0.15) is 37.6 Å². The van der Waals surface area contributed by atoms with Gasteiger partial charge in [0.05, 0.1) is 0 Å². The minimum Gasteiger partial charge on any atom is -0.339 e. The summed E-state index contributed by atoms with van der Waals surface area (Å²) in [4.78, 5) is 4.51. The van der Waals surface area contributed by atoms with E-state index >= 15 is 0 Å². The first-order chi connectivity index (χ1) is 9.72. The van der Waals surface area contributed by atoms with E-state index < -0.39 is 0 Å². The normalized spacial score (nSPS) is 18.9. The molecular weight excluding hydrogens is 250 g/mol. The minimum atomic E-state index is 0.541. The summed E-state index contributed by atoms with van der Waals surface area (Å²) >= 11 is 0. The summed E-state index contributed by atoms with van der Waals surface area (Å²) in [6.07, 6.45) is 2.07. The summed E-state index contributed by atoms with van der Waals surface area (Å²) in [5.74, 6) is 2.62. The Morgan fingerprint density at radius 2 is 2.10 bits per heavy atom. The quantitative estimate of drug-likeness (QED) is 0.928. The second kappa shape index (κ2) is 5.75. The van der Waals surface area contributed by atoms with Crippen LogP contribution in [0, 0.1) is 5.92 Å². The lowest BCUT2D eigenvalue weighted by atomic mass is 10.0. The van der Waals surface area contributed by atoms with Gasteiger partial charge < -0.3 is 9.84 Å². The third kappa shape index (κ3) is 2.90. The third-order valence-corrected chi connectivity index (χ3v) is 3.93. The Hall–Kier alpha value is -1.68. The van der Waals surface area contributed by atoms with E-state index in [1.807, 2.05) is 0 Å². The van der Waals surface area contributed by atoms with Crippen LogP contribution < -0.4 is 5.32 Å². The number of aromatic nitrogens is 2. The Labute approximate surface area is 119 Å². The van der Waals surface area contributed by atoms with Crippen molar-refractivity contribution in [3.05, 3.63) is 35.7 Å². The van der Waals surface area contributed by atoms with Crippen LogP contribution in [0.4, 0.5) is 0 Å². The van der Waals surface area contributed by atoms with E-state index in [1.165, 1.54) is 12.0 Å². The summed E-state index contributed by atoms with van der Waals surface area (Å²) in [6, 6.07) is 8.41. The van der Waals surface area contributed by atoms with E-state index in [1.54, 1.807) is 0 Å². The summed E-state index contributed by atoms with van der Waals surface area (Å²) in [7, 11) is 0. The molecule has 20 heavy (non-hydrogen) atoms. The summed E-state index contributed by atoms with van der Waals surface area (Å²) in [6.45, 7) is 6.54. The SMILES string of the molecule is CC(C)c1ccc(-c2noc(CC3CCNC3)n2)cc1. The molecule has 3 rings (SSSR count). The summed E-state index contributed by atoms with van der Waals surface area (Å²) < 4.78 is 5.37. The number of nitrogens with zero attached hydrogens (tertiary/aromatic N) is 2. The molecule has 0 bridgehead atoms. The molecule has 1 aromatic carbocycles. The van der Waals surface area contributed by atoms with Crippen molar-refractivity contribution in [2.75, 3.05) is 13.1 Å². The maximum atomic E-state index is 5.37. The number of nitrogens with one attached hydrogen (secondary N) is 1. The molecule has 1 atom stereocenters. The molecule has 1 aliphatic heterocycles. The van der Waals surface area contributed by atoms with Gasteiger partial charge in [-0.15, -0.1) is 0 Å². The molecule has 0 spiro atoms. The van der Waals surface area contributed by atoms with E-state index in [0.717, 1.165) is 31.0 Å². The molecule has 1 unspecified atom stereocenters. The fraction of sp³-hybridized carbons (Fsp3) is 0.500. The average molecular weight is 271 g/mol. The monoisotopic (exact) mass is 271 g/mol. The highest BCUT2D eigenvalue weighted by Crippen LogP contribution is 2.21. The molecule has 0 aliphatic carbocycles. The van der Waals surface area contributed by atoms with Crippen molar-refractivity contribution in [1.82, 2.24) is 15.5 Å². The van der Waals surface area contributed by atoms with Gasteiger partial charge in [-0.1, -0.05) is 43.3 Å². The van der Waals surface area contributed by atoms with Gasteiger partial charge in [0.1, 0.15) is 0 Å². The number of rotatable bonds is 4. The first-order valence-electron chi connectivity index (χ1n) is 7.36. The second-order valence-electron chi connectivity index (χ2n) is 5.85. The molecule has 2 heterocycles. The molecular formula is C16H21N3O. The van der Waals surface area contributed by atoms with Gasteiger partial charge in [0.25, 0.3) is 0 Å². The van der Waals surface area contributed by atoms with Crippen molar-refractivity contribution in [3.63, 3.8) is 0 Å². The van der Waals surface area contributed by atoms with Crippen LogP contribution >= 0.6 is 0 Å². The van der Waals surface area contributed by atoms with Gasteiger partial charge in [-0.25, -0.2) is 0 Å². The van der Waals surface area contributed by atoms with Crippen molar-refractivity contribution in [2.45, 2.75) is 32.6 Å². The van der Waals surface area contributed by atoms with Crippen LogP contribution in [0.2, 0.25) is 0 Å². The largest absolute Gasteiger partial charge is 0.339 e. The van der Waals surface area contributed by atoms with Crippen LogP contribution in [0.3, 0.4) is 0 Å². The van der Waals surface area contributed by atoms with Crippen molar-refractivity contribution < 1.29 is 4.52 Å². The van der Waals surface area contributed by atoms with E-state index in [4.69, 9.17) is 4.52 Å². The van der Waals surface area contributed by atoms with Crippen LogP contribution in [0.25, 0.3) is 11.4 Å². The second-order valence-corrected chi connectivity index (χ2v) is 5.85. The minimum absolute atomic E-state index is 0.541. The lowest BCUT2D eigenvalue weighted by molar-refractivity contribution is 0.358. The zero-order valence-electron chi connectivity index (χ0n) is 12.1. The van der Waals surface area contributed by atoms with Gasteiger partial charge in [0.2, 0.25) is 11.7 Å². The number of benzene rings is 1. The van der Waals surface area contributed by atoms with E-state index in [9.17, 15) is 0 Å². The van der Waals surface area contributed by atoms with E-state index in [-0.39, 0.29) is 0 Å². The Morgan fingerprint density at radius 1 is 1.30 bits per heavy atom. The highest BCUT2D eigenvalue weighted by molar-refractivity contribution is 5.54. The van der Waals surface area contributed by atoms with Crippen LogP contribution in [-0.2, 0) is 6.42 Å². The molecule has 1 saturated heterocycles. The molecule has 0 amide bonds. The van der Waals surface area contributed by atoms with Crippen LogP contribution in [0.15, 0.2) is 28.8 Å². The van der Waals surface area contributed by atoms with E-state index in [2.05, 4.69) is 53.6 Å².